The van der Waals surface area contributed by atoms with Crippen molar-refractivity contribution in [2.45, 2.75) is 18.9 Å². The van der Waals surface area contributed by atoms with Crippen LogP contribution in [0, 0.1) is 11.8 Å². The molecule has 2 aliphatic carbocycles. The summed E-state index contributed by atoms with van der Waals surface area (Å²) in [5, 5.41) is 8.00. The monoisotopic (exact) mass is 272 g/mol. The van der Waals surface area contributed by atoms with Crippen molar-refractivity contribution in [2.75, 3.05) is 0 Å². The Kier molecular flexibility index (Phi) is 3.55. The summed E-state index contributed by atoms with van der Waals surface area (Å²) in [7, 11) is 0. The highest BCUT2D eigenvalue weighted by Gasteiger charge is 2.35. The molecule has 0 spiro atoms. The van der Waals surface area contributed by atoms with Gasteiger partial charge in [0, 0.05) is 12.2 Å². The second-order valence-corrected chi connectivity index (χ2v) is 5.39. The van der Waals surface area contributed by atoms with Gasteiger partial charge in [-0.25, -0.2) is 0 Å². The molecule has 0 aromatic carbocycles. The molecule has 98 valence electrons. The smallest absolute Gasteiger partial charge is 0.187 e. The van der Waals surface area contributed by atoms with Crippen molar-refractivity contribution in [1.29, 1.82) is 0 Å². The topological polar surface area (TPSA) is 49.3 Å². The van der Waals surface area contributed by atoms with Gasteiger partial charge in [0.2, 0.25) is 0 Å². The number of aromatic nitrogens is 1. The van der Waals surface area contributed by atoms with E-state index in [-0.39, 0.29) is 0 Å². The lowest BCUT2D eigenvalue weighted by Gasteiger charge is -2.20. The van der Waals surface area contributed by atoms with E-state index in [1.54, 1.807) is 12.4 Å². The van der Waals surface area contributed by atoms with Crippen LogP contribution in [0.15, 0.2) is 41.6 Å². The molecule has 5 heteroatoms. The van der Waals surface area contributed by atoms with Crippen molar-refractivity contribution < 1.29 is 0 Å². The number of pyridine rings is 1. The highest BCUT2D eigenvalue weighted by molar-refractivity contribution is 7.80. The van der Waals surface area contributed by atoms with Gasteiger partial charge in [-0.2, -0.15) is 5.10 Å². The molecule has 0 amide bonds. The van der Waals surface area contributed by atoms with Gasteiger partial charge >= 0.3 is 0 Å². The number of thiocarbonyl (C=S) groups is 1. The number of allylic oxidation sites excluding steroid dienone is 1. The molecule has 0 saturated heterocycles. The third kappa shape index (κ3) is 2.98. The summed E-state index contributed by atoms with van der Waals surface area (Å²) >= 11 is 5.24. The lowest BCUT2D eigenvalue weighted by molar-refractivity contribution is 0.521. The van der Waals surface area contributed by atoms with Crippen LogP contribution in [0.4, 0.5) is 0 Å². The molecule has 1 saturated carbocycles. The molecule has 0 radical (unpaired) electrons. The Morgan fingerprint density at radius 1 is 1.37 bits per heavy atom. The molecule has 2 N–H and O–H groups in total. The van der Waals surface area contributed by atoms with E-state index in [0.717, 1.165) is 11.6 Å². The molecule has 1 aromatic rings. The predicted octanol–water partition coefficient (Wildman–Crippen LogP) is 1.84. The average molecular weight is 272 g/mol. The Balaban J connectivity index is 1.47. The highest BCUT2D eigenvalue weighted by Crippen LogP contribution is 2.38. The molecule has 3 rings (SSSR count). The molecular formula is C14H16N4S. The minimum Gasteiger partial charge on any atom is -0.358 e. The Morgan fingerprint density at radius 2 is 2.32 bits per heavy atom. The number of hydrogen-bond acceptors (Lipinski definition) is 3. The predicted molar refractivity (Wildman–Crippen MR) is 79.8 cm³/mol. The Hall–Kier alpha value is -1.75. The maximum Gasteiger partial charge on any atom is 0.187 e. The van der Waals surface area contributed by atoms with E-state index in [2.05, 4.69) is 33.0 Å². The van der Waals surface area contributed by atoms with Gasteiger partial charge in [0.1, 0.15) is 0 Å². The Labute approximate surface area is 118 Å². The van der Waals surface area contributed by atoms with Crippen LogP contribution in [0.1, 0.15) is 18.5 Å². The van der Waals surface area contributed by atoms with Crippen molar-refractivity contribution >= 4 is 23.5 Å². The molecule has 2 aliphatic rings. The van der Waals surface area contributed by atoms with Crippen molar-refractivity contribution in [3.8, 4) is 0 Å². The SMILES string of the molecule is S=C(N/N=C\c1ccccn1)N[C@H]1C[C@@H]2C=C[C@H]1C2. The van der Waals surface area contributed by atoms with Crippen LogP contribution in [0.5, 0.6) is 0 Å². The largest absolute Gasteiger partial charge is 0.358 e. The maximum absolute atomic E-state index is 5.24. The van der Waals surface area contributed by atoms with E-state index in [9.17, 15) is 0 Å². The van der Waals surface area contributed by atoms with Crippen LogP contribution >= 0.6 is 12.2 Å². The maximum atomic E-state index is 5.24. The fourth-order valence-electron chi connectivity index (χ4n) is 2.76. The van der Waals surface area contributed by atoms with Crippen molar-refractivity contribution in [3.63, 3.8) is 0 Å². The normalized spacial score (nSPS) is 27.9. The number of rotatable bonds is 3. The zero-order valence-corrected chi connectivity index (χ0v) is 11.3. The highest BCUT2D eigenvalue weighted by atomic mass is 32.1. The van der Waals surface area contributed by atoms with Gasteiger partial charge in [-0.05, 0) is 49.0 Å². The van der Waals surface area contributed by atoms with Crippen molar-refractivity contribution in [3.05, 3.63) is 42.2 Å². The molecule has 0 unspecified atom stereocenters. The molecular weight excluding hydrogens is 256 g/mol. The van der Waals surface area contributed by atoms with Crippen molar-refractivity contribution in [2.24, 2.45) is 16.9 Å². The van der Waals surface area contributed by atoms with Crippen LogP contribution in [0.25, 0.3) is 0 Å². The summed E-state index contributed by atoms with van der Waals surface area (Å²) in [6.07, 6.45) is 10.4. The van der Waals surface area contributed by atoms with E-state index >= 15 is 0 Å². The van der Waals surface area contributed by atoms with E-state index in [0.29, 0.717) is 17.1 Å². The molecule has 19 heavy (non-hydrogen) atoms. The second-order valence-electron chi connectivity index (χ2n) is 4.98. The summed E-state index contributed by atoms with van der Waals surface area (Å²) in [5.74, 6) is 1.37. The van der Waals surface area contributed by atoms with Crippen LogP contribution in [0.2, 0.25) is 0 Å². The average Bonchev–Trinajstić information content (AvgIpc) is 3.02. The zero-order chi connectivity index (χ0) is 13.1. The lowest BCUT2D eigenvalue weighted by atomic mass is 10.0. The minimum atomic E-state index is 0.458. The molecule has 1 aromatic heterocycles. The van der Waals surface area contributed by atoms with Gasteiger partial charge in [0.15, 0.2) is 5.11 Å². The number of nitrogens with zero attached hydrogens (tertiary/aromatic N) is 2. The molecule has 1 heterocycles. The lowest BCUT2D eigenvalue weighted by Crippen LogP contribution is -2.42. The fourth-order valence-corrected chi connectivity index (χ4v) is 2.96. The minimum absolute atomic E-state index is 0.458. The van der Waals surface area contributed by atoms with E-state index in [1.165, 1.54) is 12.8 Å². The van der Waals surface area contributed by atoms with Gasteiger partial charge in [0.25, 0.3) is 0 Å². The summed E-state index contributed by atoms with van der Waals surface area (Å²) in [6, 6.07) is 6.15. The summed E-state index contributed by atoms with van der Waals surface area (Å²) in [5.41, 5.74) is 3.65. The van der Waals surface area contributed by atoms with Gasteiger partial charge in [-0.1, -0.05) is 18.2 Å². The molecule has 0 aliphatic heterocycles. The van der Waals surface area contributed by atoms with Crippen molar-refractivity contribution in [1.82, 2.24) is 15.7 Å². The van der Waals surface area contributed by atoms with Crippen LogP contribution in [-0.4, -0.2) is 22.4 Å². The quantitative estimate of drug-likeness (QED) is 0.381. The number of nitrogens with one attached hydrogen (secondary N) is 2. The van der Waals surface area contributed by atoms with Gasteiger partial charge in [-0.15, -0.1) is 0 Å². The first-order valence-corrected chi connectivity index (χ1v) is 6.91. The first-order valence-electron chi connectivity index (χ1n) is 6.50. The molecule has 1 fully saturated rings. The van der Waals surface area contributed by atoms with E-state index in [4.69, 9.17) is 12.2 Å². The standard InChI is InChI=1S/C14H16N4S/c19-14(17-13-8-10-4-5-11(13)7-10)18-16-9-12-3-1-2-6-15-12/h1-6,9-11,13H,7-8H2,(H2,17,18,19)/b16-9-/t10-,11+,13+/m1/s1. The molecule has 3 atom stereocenters. The second kappa shape index (κ2) is 5.48. The molecule has 2 bridgehead atoms. The third-order valence-electron chi connectivity index (χ3n) is 3.65. The molecule has 4 nitrogen and oxygen atoms in total. The zero-order valence-electron chi connectivity index (χ0n) is 10.5. The van der Waals surface area contributed by atoms with Gasteiger partial charge in [0.05, 0.1) is 11.9 Å². The first-order chi connectivity index (χ1) is 9.31. The first kappa shape index (κ1) is 12.3. The van der Waals surface area contributed by atoms with Crippen LogP contribution in [-0.2, 0) is 0 Å². The summed E-state index contributed by atoms with van der Waals surface area (Å²) < 4.78 is 0. The Morgan fingerprint density at radius 3 is 3.00 bits per heavy atom. The Bertz CT molecular complexity index is 511. The van der Waals surface area contributed by atoms with Crippen LogP contribution < -0.4 is 10.7 Å². The van der Waals surface area contributed by atoms with E-state index in [1.807, 2.05) is 18.2 Å². The van der Waals surface area contributed by atoms with E-state index < -0.39 is 0 Å². The van der Waals surface area contributed by atoms with Gasteiger partial charge in [-0.3, -0.25) is 10.4 Å². The third-order valence-corrected chi connectivity index (χ3v) is 3.86. The number of hydrazone groups is 1. The number of hydrogen-bond donors (Lipinski definition) is 2. The number of fused-ring (bicyclic) bond motifs is 2. The fraction of sp³-hybridized carbons (Fsp3) is 0.357. The summed E-state index contributed by atoms with van der Waals surface area (Å²) in [4.78, 5) is 4.15. The van der Waals surface area contributed by atoms with Gasteiger partial charge < -0.3 is 5.32 Å². The summed E-state index contributed by atoms with van der Waals surface area (Å²) in [6.45, 7) is 0. The van der Waals surface area contributed by atoms with Crippen LogP contribution in [0.3, 0.4) is 0 Å².